The fourth-order valence-electron chi connectivity index (χ4n) is 2.73. The summed E-state index contributed by atoms with van der Waals surface area (Å²) in [5, 5.41) is 12.1. The molecule has 0 bridgehead atoms. The van der Waals surface area contributed by atoms with Gasteiger partial charge in [-0.3, -0.25) is 4.79 Å². The maximum atomic E-state index is 12.2. The van der Waals surface area contributed by atoms with E-state index in [-0.39, 0.29) is 17.2 Å². The normalized spacial score (nSPS) is 10.7. The van der Waals surface area contributed by atoms with Crippen LogP contribution < -0.4 is 5.32 Å². The van der Waals surface area contributed by atoms with E-state index in [2.05, 4.69) is 5.32 Å². The molecular weight excluding hydrogens is 338 g/mol. The highest BCUT2D eigenvalue weighted by Gasteiger charge is 2.13. The molecule has 3 aromatic rings. The van der Waals surface area contributed by atoms with Crippen LogP contribution in [0.1, 0.15) is 15.9 Å². The SMILES string of the molecule is O=C(/C=C/Cc1ccccc1)Nc1cc(-c2ccccc2)ccc1C(=O)O. The van der Waals surface area contributed by atoms with E-state index in [9.17, 15) is 14.7 Å². The topological polar surface area (TPSA) is 66.4 Å². The number of carbonyl (C=O) groups is 2. The molecule has 0 aliphatic heterocycles. The van der Waals surface area contributed by atoms with Crippen molar-refractivity contribution in [3.63, 3.8) is 0 Å². The number of aromatic carboxylic acids is 1. The summed E-state index contributed by atoms with van der Waals surface area (Å²) in [6, 6.07) is 24.3. The van der Waals surface area contributed by atoms with Crippen molar-refractivity contribution in [1.82, 2.24) is 0 Å². The molecule has 0 radical (unpaired) electrons. The Labute approximate surface area is 157 Å². The van der Waals surface area contributed by atoms with Crippen molar-refractivity contribution in [2.24, 2.45) is 0 Å². The lowest BCUT2D eigenvalue weighted by atomic mass is 10.0. The molecular formula is C23H19NO3. The first-order valence-electron chi connectivity index (χ1n) is 8.58. The molecule has 0 aliphatic carbocycles. The lowest BCUT2D eigenvalue weighted by molar-refractivity contribution is -0.111. The van der Waals surface area contributed by atoms with Gasteiger partial charge >= 0.3 is 5.97 Å². The van der Waals surface area contributed by atoms with E-state index in [0.717, 1.165) is 16.7 Å². The Morgan fingerprint density at radius 2 is 1.52 bits per heavy atom. The first-order valence-corrected chi connectivity index (χ1v) is 8.58. The highest BCUT2D eigenvalue weighted by molar-refractivity contribution is 6.05. The molecule has 0 atom stereocenters. The lowest BCUT2D eigenvalue weighted by Crippen LogP contribution is -2.12. The number of nitrogens with one attached hydrogen (secondary N) is 1. The fraction of sp³-hybridized carbons (Fsp3) is 0.0435. The summed E-state index contributed by atoms with van der Waals surface area (Å²) in [5.74, 6) is -1.45. The Morgan fingerprint density at radius 1 is 0.852 bits per heavy atom. The first kappa shape index (κ1) is 18.1. The maximum Gasteiger partial charge on any atom is 0.337 e. The minimum Gasteiger partial charge on any atom is -0.478 e. The average molecular weight is 357 g/mol. The Hall–Kier alpha value is -3.66. The van der Waals surface area contributed by atoms with E-state index in [1.807, 2.05) is 60.7 Å². The summed E-state index contributed by atoms with van der Waals surface area (Å²) in [5.41, 5.74) is 3.21. The van der Waals surface area contributed by atoms with Gasteiger partial charge in [-0.25, -0.2) is 4.79 Å². The number of benzene rings is 3. The molecule has 0 saturated heterocycles. The van der Waals surface area contributed by atoms with Crippen LogP contribution in [0.3, 0.4) is 0 Å². The van der Waals surface area contributed by atoms with Crippen molar-refractivity contribution in [1.29, 1.82) is 0 Å². The molecule has 4 heteroatoms. The second kappa shape index (κ2) is 8.63. The van der Waals surface area contributed by atoms with Crippen molar-refractivity contribution in [3.05, 3.63) is 102 Å². The summed E-state index contributed by atoms with van der Waals surface area (Å²) in [6.45, 7) is 0. The third kappa shape index (κ3) is 4.92. The lowest BCUT2D eigenvalue weighted by Gasteiger charge is -2.10. The summed E-state index contributed by atoms with van der Waals surface area (Å²) >= 11 is 0. The van der Waals surface area contributed by atoms with Gasteiger partial charge in [0.1, 0.15) is 0 Å². The molecule has 3 aromatic carbocycles. The Balaban J connectivity index is 1.77. The highest BCUT2D eigenvalue weighted by atomic mass is 16.4. The van der Waals surface area contributed by atoms with Crippen LogP contribution in [0, 0.1) is 0 Å². The third-order valence-electron chi connectivity index (χ3n) is 4.08. The zero-order chi connectivity index (χ0) is 19.1. The van der Waals surface area contributed by atoms with Gasteiger partial charge in [0.05, 0.1) is 11.3 Å². The van der Waals surface area contributed by atoms with Gasteiger partial charge in [-0.1, -0.05) is 72.8 Å². The van der Waals surface area contributed by atoms with Crippen LogP contribution in [0.2, 0.25) is 0 Å². The zero-order valence-corrected chi connectivity index (χ0v) is 14.6. The molecule has 0 aliphatic rings. The van der Waals surface area contributed by atoms with Gasteiger partial charge in [-0.15, -0.1) is 0 Å². The molecule has 0 aromatic heterocycles. The van der Waals surface area contributed by atoms with E-state index < -0.39 is 5.97 Å². The second-order valence-electron chi connectivity index (χ2n) is 6.01. The van der Waals surface area contributed by atoms with Crippen LogP contribution in [0.5, 0.6) is 0 Å². The minimum absolute atomic E-state index is 0.0551. The molecule has 2 N–H and O–H groups in total. The third-order valence-corrected chi connectivity index (χ3v) is 4.08. The predicted octanol–water partition coefficient (Wildman–Crippen LogP) is 4.79. The number of rotatable bonds is 6. The van der Waals surface area contributed by atoms with Gasteiger partial charge in [0, 0.05) is 0 Å². The summed E-state index contributed by atoms with van der Waals surface area (Å²) in [7, 11) is 0. The number of carbonyl (C=O) groups excluding carboxylic acids is 1. The largest absolute Gasteiger partial charge is 0.478 e. The zero-order valence-electron chi connectivity index (χ0n) is 14.6. The first-order chi connectivity index (χ1) is 13.1. The quantitative estimate of drug-likeness (QED) is 0.623. The van der Waals surface area contributed by atoms with Gasteiger partial charge < -0.3 is 10.4 Å². The van der Waals surface area contributed by atoms with Crippen LogP contribution in [0.4, 0.5) is 5.69 Å². The van der Waals surface area contributed by atoms with Crippen LogP contribution in [0.25, 0.3) is 11.1 Å². The fourth-order valence-corrected chi connectivity index (χ4v) is 2.73. The van der Waals surface area contributed by atoms with Gasteiger partial charge in [0.25, 0.3) is 0 Å². The van der Waals surface area contributed by atoms with Crippen LogP contribution in [-0.2, 0) is 11.2 Å². The smallest absolute Gasteiger partial charge is 0.337 e. The Bertz CT molecular complexity index is 963. The number of carboxylic acids is 1. The molecule has 1 amide bonds. The van der Waals surface area contributed by atoms with Crippen LogP contribution >= 0.6 is 0 Å². The van der Waals surface area contributed by atoms with Crippen LogP contribution in [0.15, 0.2) is 91.0 Å². The van der Waals surface area contributed by atoms with Crippen molar-refractivity contribution in [2.45, 2.75) is 6.42 Å². The van der Waals surface area contributed by atoms with E-state index >= 15 is 0 Å². The number of anilines is 1. The Kier molecular flexibility index (Phi) is 5.80. The highest BCUT2D eigenvalue weighted by Crippen LogP contribution is 2.26. The van der Waals surface area contributed by atoms with E-state index in [4.69, 9.17) is 0 Å². The summed E-state index contributed by atoms with van der Waals surface area (Å²) < 4.78 is 0. The monoisotopic (exact) mass is 357 g/mol. The van der Waals surface area contributed by atoms with Crippen molar-refractivity contribution in [2.75, 3.05) is 5.32 Å². The summed E-state index contributed by atoms with van der Waals surface area (Å²) in [4.78, 5) is 23.7. The molecule has 134 valence electrons. The van der Waals surface area contributed by atoms with Crippen molar-refractivity contribution in [3.8, 4) is 11.1 Å². The summed E-state index contributed by atoms with van der Waals surface area (Å²) in [6.07, 6.45) is 3.81. The van der Waals surface area contributed by atoms with Gasteiger partial charge in [-0.05, 0) is 41.3 Å². The number of amides is 1. The number of allylic oxidation sites excluding steroid dienone is 1. The average Bonchev–Trinajstić information content (AvgIpc) is 2.69. The molecule has 4 nitrogen and oxygen atoms in total. The van der Waals surface area contributed by atoms with Gasteiger partial charge in [0.15, 0.2) is 0 Å². The molecule has 0 heterocycles. The number of carboxylic acid groups (broad SMARTS) is 1. The second-order valence-corrected chi connectivity index (χ2v) is 6.01. The van der Waals surface area contributed by atoms with Gasteiger partial charge in [-0.2, -0.15) is 0 Å². The van der Waals surface area contributed by atoms with E-state index in [1.165, 1.54) is 12.1 Å². The molecule has 0 unspecified atom stereocenters. The predicted molar refractivity (Wildman–Crippen MR) is 107 cm³/mol. The van der Waals surface area contributed by atoms with Gasteiger partial charge in [0.2, 0.25) is 5.91 Å². The molecule has 3 rings (SSSR count). The molecule has 0 fully saturated rings. The van der Waals surface area contributed by atoms with E-state index in [1.54, 1.807) is 18.2 Å². The van der Waals surface area contributed by atoms with Crippen molar-refractivity contribution < 1.29 is 14.7 Å². The standard InChI is InChI=1S/C23H19NO3/c25-22(13-7-10-17-8-3-1-4-9-17)24-21-16-19(14-15-20(21)23(26)27)18-11-5-2-6-12-18/h1-9,11-16H,10H2,(H,24,25)(H,26,27)/b13-7+. The minimum atomic E-state index is -1.09. The molecule has 27 heavy (non-hydrogen) atoms. The maximum absolute atomic E-state index is 12.2. The van der Waals surface area contributed by atoms with E-state index in [0.29, 0.717) is 6.42 Å². The number of hydrogen-bond acceptors (Lipinski definition) is 2. The molecule has 0 spiro atoms. The number of hydrogen-bond donors (Lipinski definition) is 2. The van der Waals surface area contributed by atoms with Crippen molar-refractivity contribution >= 4 is 17.6 Å². The Morgan fingerprint density at radius 3 is 2.19 bits per heavy atom. The molecule has 0 saturated carbocycles. The van der Waals surface area contributed by atoms with Crippen LogP contribution in [-0.4, -0.2) is 17.0 Å².